The predicted molar refractivity (Wildman–Crippen MR) is 93.2 cm³/mol. The number of rotatable bonds is 3. The Bertz CT molecular complexity index is 815. The van der Waals surface area contributed by atoms with Crippen LogP contribution in [0.3, 0.4) is 0 Å². The largest absolute Gasteiger partial charge is 0.243 e. The molecule has 0 aliphatic carbocycles. The molecule has 0 saturated carbocycles. The molecule has 0 unspecified atom stereocenters. The molecule has 0 N–H and O–H groups in total. The highest BCUT2D eigenvalue weighted by Gasteiger charge is 2.36. The molecule has 122 valence electrons. The summed E-state index contributed by atoms with van der Waals surface area (Å²) in [6.45, 7) is 4.32. The van der Waals surface area contributed by atoms with Gasteiger partial charge in [0.2, 0.25) is 10.0 Å². The van der Waals surface area contributed by atoms with E-state index in [4.69, 9.17) is 11.6 Å². The third kappa shape index (κ3) is 3.16. The molecule has 1 aliphatic rings. The Morgan fingerprint density at radius 3 is 2.48 bits per heavy atom. The number of hydrogen-bond acceptors (Lipinski definition) is 2. The summed E-state index contributed by atoms with van der Waals surface area (Å²) in [5.74, 6) is 0. The van der Waals surface area contributed by atoms with E-state index in [1.165, 1.54) is 0 Å². The van der Waals surface area contributed by atoms with E-state index in [1.54, 1.807) is 10.4 Å². The van der Waals surface area contributed by atoms with E-state index in [1.807, 2.05) is 50.2 Å². The first kappa shape index (κ1) is 16.5. The van der Waals surface area contributed by atoms with Crippen molar-refractivity contribution >= 4 is 21.6 Å². The molecule has 0 amide bonds. The number of sulfonamides is 1. The molecular formula is C18H20ClNO2S. The molecular weight excluding hydrogens is 330 g/mol. The van der Waals surface area contributed by atoms with Gasteiger partial charge in [-0.15, -0.1) is 0 Å². The van der Waals surface area contributed by atoms with Crippen LogP contribution in [0.2, 0.25) is 5.02 Å². The molecule has 0 aromatic heterocycles. The molecule has 3 nitrogen and oxygen atoms in total. The molecule has 0 bridgehead atoms. The second kappa shape index (κ2) is 6.27. The van der Waals surface area contributed by atoms with Gasteiger partial charge in [-0.1, -0.05) is 35.9 Å². The zero-order chi connectivity index (χ0) is 16.6. The zero-order valence-electron chi connectivity index (χ0n) is 13.3. The molecule has 23 heavy (non-hydrogen) atoms. The fourth-order valence-electron chi connectivity index (χ4n) is 3.16. The maximum absolute atomic E-state index is 13.2. The standard InChI is InChI=1S/C18H20ClNO2S/c1-13-5-6-14(2)18(12-13)23(21,22)20-11-3-4-17(20)15-7-9-16(19)10-8-15/h5-10,12,17H,3-4,11H2,1-2H3/t17-/m1/s1. The monoisotopic (exact) mass is 349 g/mol. The van der Waals surface area contributed by atoms with Gasteiger partial charge in [0, 0.05) is 11.6 Å². The summed E-state index contributed by atoms with van der Waals surface area (Å²) in [6.07, 6.45) is 1.71. The SMILES string of the molecule is Cc1ccc(C)c(S(=O)(=O)N2CCC[C@@H]2c2ccc(Cl)cc2)c1. The maximum atomic E-state index is 13.2. The van der Waals surface area contributed by atoms with E-state index in [-0.39, 0.29) is 6.04 Å². The van der Waals surface area contributed by atoms with E-state index >= 15 is 0 Å². The van der Waals surface area contributed by atoms with Crippen molar-refractivity contribution in [2.45, 2.75) is 37.6 Å². The van der Waals surface area contributed by atoms with Crippen molar-refractivity contribution in [2.24, 2.45) is 0 Å². The Kier molecular flexibility index (Phi) is 4.50. The number of hydrogen-bond donors (Lipinski definition) is 0. The van der Waals surface area contributed by atoms with Crippen LogP contribution in [0.4, 0.5) is 0 Å². The summed E-state index contributed by atoms with van der Waals surface area (Å²) in [6, 6.07) is 12.9. The molecule has 2 aromatic rings. The van der Waals surface area contributed by atoms with Crippen molar-refractivity contribution in [2.75, 3.05) is 6.54 Å². The molecule has 2 aromatic carbocycles. The van der Waals surface area contributed by atoms with Crippen molar-refractivity contribution in [3.63, 3.8) is 0 Å². The Hall–Kier alpha value is -1.36. The van der Waals surface area contributed by atoms with Gasteiger partial charge in [-0.2, -0.15) is 4.31 Å². The first-order valence-electron chi connectivity index (χ1n) is 7.74. The minimum atomic E-state index is -3.50. The average molecular weight is 350 g/mol. The van der Waals surface area contributed by atoms with Crippen LogP contribution in [0, 0.1) is 13.8 Å². The lowest BCUT2D eigenvalue weighted by Crippen LogP contribution is -2.31. The number of aryl methyl sites for hydroxylation is 2. The molecule has 0 spiro atoms. The summed E-state index contributed by atoms with van der Waals surface area (Å²) in [5, 5.41) is 0.663. The first-order chi connectivity index (χ1) is 10.9. The Morgan fingerprint density at radius 1 is 1.09 bits per heavy atom. The Balaban J connectivity index is 2.01. The number of nitrogens with zero attached hydrogens (tertiary/aromatic N) is 1. The minimum Gasteiger partial charge on any atom is -0.207 e. The van der Waals surface area contributed by atoms with Gasteiger partial charge in [0.15, 0.2) is 0 Å². The lowest BCUT2D eigenvalue weighted by molar-refractivity contribution is 0.396. The minimum absolute atomic E-state index is 0.114. The third-order valence-corrected chi connectivity index (χ3v) is 6.69. The van der Waals surface area contributed by atoms with Gasteiger partial charge in [0.25, 0.3) is 0 Å². The van der Waals surface area contributed by atoms with Crippen molar-refractivity contribution in [3.05, 3.63) is 64.2 Å². The van der Waals surface area contributed by atoms with Crippen molar-refractivity contribution in [1.29, 1.82) is 0 Å². The second-order valence-corrected chi connectivity index (χ2v) is 8.39. The maximum Gasteiger partial charge on any atom is 0.243 e. The van der Waals surface area contributed by atoms with Gasteiger partial charge in [0.1, 0.15) is 0 Å². The van der Waals surface area contributed by atoms with Crippen LogP contribution in [-0.2, 0) is 10.0 Å². The Labute approximate surface area is 142 Å². The lowest BCUT2D eigenvalue weighted by Gasteiger charge is -2.25. The normalized spacial score (nSPS) is 19.2. The number of halogens is 1. The van der Waals surface area contributed by atoms with Gasteiger partial charge in [-0.25, -0.2) is 8.42 Å². The molecule has 3 rings (SSSR count). The quantitative estimate of drug-likeness (QED) is 0.819. The predicted octanol–water partition coefficient (Wildman–Crippen LogP) is 4.48. The first-order valence-corrected chi connectivity index (χ1v) is 9.56. The van der Waals surface area contributed by atoms with E-state index in [0.29, 0.717) is 16.5 Å². The van der Waals surface area contributed by atoms with Crippen LogP contribution < -0.4 is 0 Å². The van der Waals surface area contributed by atoms with Crippen molar-refractivity contribution < 1.29 is 8.42 Å². The van der Waals surface area contributed by atoms with Crippen LogP contribution in [0.1, 0.15) is 35.6 Å². The van der Waals surface area contributed by atoms with E-state index < -0.39 is 10.0 Å². The fraction of sp³-hybridized carbons (Fsp3) is 0.333. The molecule has 1 fully saturated rings. The van der Waals surface area contributed by atoms with E-state index in [9.17, 15) is 8.42 Å². The van der Waals surface area contributed by atoms with Crippen LogP contribution in [0.25, 0.3) is 0 Å². The summed E-state index contributed by atoms with van der Waals surface area (Å²) in [4.78, 5) is 0.415. The van der Waals surface area contributed by atoms with Gasteiger partial charge in [-0.05, 0) is 61.6 Å². The summed E-state index contributed by atoms with van der Waals surface area (Å²) in [7, 11) is -3.50. The van der Waals surface area contributed by atoms with Crippen LogP contribution in [0.5, 0.6) is 0 Å². The fourth-order valence-corrected chi connectivity index (χ4v) is 5.28. The summed E-state index contributed by atoms with van der Waals surface area (Å²) < 4.78 is 28.0. The van der Waals surface area contributed by atoms with Gasteiger partial charge >= 0.3 is 0 Å². The number of benzene rings is 2. The van der Waals surface area contributed by atoms with Crippen LogP contribution >= 0.6 is 11.6 Å². The smallest absolute Gasteiger partial charge is 0.207 e. The molecule has 1 aliphatic heterocycles. The van der Waals surface area contributed by atoms with Crippen molar-refractivity contribution in [3.8, 4) is 0 Å². The van der Waals surface area contributed by atoms with Crippen molar-refractivity contribution in [1.82, 2.24) is 4.31 Å². The topological polar surface area (TPSA) is 37.4 Å². The van der Waals surface area contributed by atoms with Crippen LogP contribution in [0.15, 0.2) is 47.4 Å². The average Bonchev–Trinajstić information content (AvgIpc) is 3.00. The zero-order valence-corrected chi connectivity index (χ0v) is 14.9. The summed E-state index contributed by atoms with van der Waals surface area (Å²) in [5.41, 5.74) is 2.74. The highest BCUT2D eigenvalue weighted by Crippen LogP contribution is 2.37. The molecule has 1 saturated heterocycles. The van der Waals surface area contributed by atoms with E-state index in [0.717, 1.165) is 29.5 Å². The van der Waals surface area contributed by atoms with Gasteiger partial charge in [0.05, 0.1) is 10.9 Å². The Morgan fingerprint density at radius 2 is 1.78 bits per heavy atom. The second-order valence-electron chi connectivity index (χ2n) is 6.09. The summed E-state index contributed by atoms with van der Waals surface area (Å²) >= 11 is 5.95. The molecule has 5 heteroatoms. The highest BCUT2D eigenvalue weighted by atomic mass is 35.5. The van der Waals surface area contributed by atoms with Gasteiger partial charge in [-0.3, -0.25) is 0 Å². The highest BCUT2D eigenvalue weighted by molar-refractivity contribution is 7.89. The van der Waals surface area contributed by atoms with E-state index in [2.05, 4.69) is 0 Å². The molecule has 1 heterocycles. The van der Waals surface area contributed by atoms with Gasteiger partial charge < -0.3 is 0 Å². The molecule has 0 radical (unpaired) electrons. The molecule has 1 atom stereocenters. The lowest BCUT2D eigenvalue weighted by atomic mass is 10.1. The third-order valence-electron chi connectivity index (χ3n) is 4.39. The van der Waals surface area contributed by atoms with Crippen LogP contribution in [-0.4, -0.2) is 19.3 Å².